The van der Waals surface area contributed by atoms with Gasteiger partial charge in [-0.2, -0.15) is 0 Å². The van der Waals surface area contributed by atoms with Gasteiger partial charge in [0.2, 0.25) is 0 Å². The molecule has 0 aliphatic carbocycles. The molecular weight excluding hydrogens is 356 g/mol. The fourth-order valence-electron chi connectivity index (χ4n) is 2.07. The SMILES string of the molecule is CN(C)CCN(C(=O)OCc1ccccc1)c1cccc(Br)c1. The molecule has 2 rings (SSSR count). The Hall–Kier alpha value is -1.85. The highest BCUT2D eigenvalue weighted by molar-refractivity contribution is 9.10. The first kappa shape index (κ1) is 17.5. The van der Waals surface area contributed by atoms with Crippen molar-refractivity contribution in [1.29, 1.82) is 0 Å². The summed E-state index contributed by atoms with van der Waals surface area (Å²) in [4.78, 5) is 16.2. The molecular formula is C18H21BrN2O2. The second-order valence-electron chi connectivity index (χ2n) is 5.47. The molecule has 0 aliphatic heterocycles. The zero-order chi connectivity index (χ0) is 16.7. The number of anilines is 1. The first-order chi connectivity index (χ1) is 11.1. The van der Waals surface area contributed by atoms with Crippen molar-refractivity contribution >= 4 is 27.7 Å². The molecule has 0 fully saturated rings. The Morgan fingerprint density at radius 2 is 1.78 bits per heavy atom. The Balaban J connectivity index is 2.07. The normalized spacial score (nSPS) is 10.6. The number of benzene rings is 2. The van der Waals surface area contributed by atoms with E-state index < -0.39 is 0 Å². The molecule has 122 valence electrons. The van der Waals surface area contributed by atoms with Crippen LogP contribution in [0.4, 0.5) is 10.5 Å². The Morgan fingerprint density at radius 1 is 1.04 bits per heavy atom. The summed E-state index contributed by atoms with van der Waals surface area (Å²) in [6.45, 7) is 1.59. The van der Waals surface area contributed by atoms with Crippen molar-refractivity contribution in [2.45, 2.75) is 6.61 Å². The van der Waals surface area contributed by atoms with Crippen LogP contribution in [0.2, 0.25) is 0 Å². The van der Waals surface area contributed by atoms with Crippen molar-refractivity contribution in [1.82, 2.24) is 4.90 Å². The van der Waals surface area contributed by atoms with Crippen LogP contribution in [0.25, 0.3) is 0 Å². The number of amides is 1. The van der Waals surface area contributed by atoms with Gasteiger partial charge in [-0.05, 0) is 37.9 Å². The van der Waals surface area contributed by atoms with Gasteiger partial charge in [0, 0.05) is 23.2 Å². The Bertz CT molecular complexity index is 632. The van der Waals surface area contributed by atoms with E-state index in [1.54, 1.807) is 4.90 Å². The smallest absolute Gasteiger partial charge is 0.414 e. The minimum Gasteiger partial charge on any atom is -0.444 e. The van der Waals surface area contributed by atoms with Gasteiger partial charge >= 0.3 is 6.09 Å². The minimum atomic E-state index is -0.339. The van der Waals surface area contributed by atoms with Crippen LogP contribution in [0, 0.1) is 0 Å². The van der Waals surface area contributed by atoms with Gasteiger partial charge < -0.3 is 9.64 Å². The first-order valence-electron chi connectivity index (χ1n) is 7.45. The average Bonchev–Trinajstić information content (AvgIpc) is 2.54. The van der Waals surface area contributed by atoms with Crippen molar-refractivity contribution in [3.05, 3.63) is 64.6 Å². The summed E-state index contributed by atoms with van der Waals surface area (Å²) < 4.78 is 6.40. The number of carbonyl (C=O) groups excluding carboxylic acids is 1. The minimum absolute atomic E-state index is 0.270. The molecule has 0 spiro atoms. The van der Waals surface area contributed by atoms with Crippen molar-refractivity contribution in [2.24, 2.45) is 0 Å². The van der Waals surface area contributed by atoms with Gasteiger partial charge in [-0.25, -0.2) is 4.79 Å². The van der Waals surface area contributed by atoms with Gasteiger partial charge in [-0.15, -0.1) is 0 Å². The fraction of sp³-hybridized carbons (Fsp3) is 0.278. The topological polar surface area (TPSA) is 32.8 Å². The van der Waals surface area contributed by atoms with Gasteiger partial charge in [0.25, 0.3) is 0 Å². The predicted molar refractivity (Wildman–Crippen MR) is 96.7 cm³/mol. The van der Waals surface area contributed by atoms with Crippen LogP contribution in [0.15, 0.2) is 59.1 Å². The van der Waals surface area contributed by atoms with Crippen LogP contribution < -0.4 is 4.90 Å². The van der Waals surface area contributed by atoms with Gasteiger partial charge in [0.05, 0.1) is 0 Å². The highest BCUT2D eigenvalue weighted by Crippen LogP contribution is 2.21. The van der Waals surface area contributed by atoms with Crippen LogP contribution in [0.3, 0.4) is 0 Å². The second-order valence-corrected chi connectivity index (χ2v) is 6.39. The van der Waals surface area contributed by atoms with E-state index in [0.717, 1.165) is 22.3 Å². The van der Waals surface area contributed by atoms with Crippen LogP contribution >= 0.6 is 15.9 Å². The van der Waals surface area contributed by atoms with Crippen LogP contribution in [0.1, 0.15) is 5.56 Å². The van der Waals surface area contributed by atoms with Gasteiger partial charge in [0.15, 0.2) is 0 Å². The standard InChI is InChI=1S/C18H21BrN2O2/c1-20(2)11-12-21(17-10-6-9-16(19)13-17)18(22)23-14-15-7-4-3-5-8-15/h3-10,13H,11-12,14H2,1-2H3. The fourth-order valence-corrected chi connectivity index (χ4v) is 2.45. The molecule has 5 heteroatoms. The number of carbonyl (C=O) groups is 1. The van der Waals surface area contributed by atoms with Crippen molar-refractivity contribution in [2.75, 3.05) is 32.1 Å². The Morgan fingerprint density at radius 3 is 2.43 bits per heavy atom. The maximum atomic E-state index is 12.5. The molecule has 1 amide bonds. The summed E-state index contributed by atoms with van der Waals surface area (Å²) in [6.07, 6.45) is -0.339. The Kier molecular flexibility index (Phi) is 6.62. The molecule has 0 saturated heterocycles. The van der Waals surface area contributed by atoms with Crippen molar-refractivity contribution < 1.29 is 9.53 Å². The third-order valence-corrected chi connectivity index (χ3v) is 3.81. The number of nitrogens with zero attached hydrogens (tertiary/aromatic N) is 2. The quantitative estimate of drug-likeness (QED) is 0.758. The highest BCUT2D eigenvalue weighted by Gasteiger charge is 2.17. The summed E-state index contributed by atoms with van der Waals surface area (Å²) in [5.41, 5.74) is 1.79. The molecule has 0 N–H and O–H groups in total. The van der Waals surface area contributed by atoms with Crippen molar-refractivity contribution in [3.8, 4) is 0 Å². The molecule has 0 atom stereocenters. The van der Waals surface area contributed by atoms with Crippen LogP contribution in [0.5, 0.6) is 0 Å². The number of hydrogen-bond acceptors (Lipinski definition) is 3. The monoisotopic (exact) mass is 376 g/mol. The molecule has 0 aliphatic rings. The van der Waals surface area contributed by atoms with Crippen LogP contribution in [-0.2, 0) is 11.3 Å². The summed E-state index contributed by atoms with van der Waals surface area (Å²) in [6, 6.07) is 17.4. The third-order valence-electron chi connectivity index (χ3n) is 3.32. The molecule has 2 aromatic rings. The van der Waals surface area contributed by atoms with E-state index in [4.69, 9.17) is 4.74 Å². The van der Waals surface area contributed by atoms with Crippen molar-refractivity contribution in [3.63, 3.8) is 0 Å². The average molecular weight is 377 g/mol. The number of halogens is 1. The van der Waals surface area contributed by atoms with Gasteiger partial charge in [0.1, 0.15) is 6.61 Å². The molecule has 23 heavy (non-hydrogen) atoms. The van der Waals surface area contributed by atoms with E-state index in [0.29, 0.717) is 6.54 Å². The number of likely N-dealkylation sites (N-methyl/N-ethyl adjacent to an activating group) is 1. The lowest BCUT2D eigenvalue weighted by molar-refractivity contribution is 0.146. The lowest BCUT2D eigenvalue weighted by Crippen LogP contribution is -2.37. The Labute approximate surface area is 145 Å². The second kappa shape index (κ2) is 8.70. The number of rotatable bonds is 6. The van der Waals surface area contributed by atoms with E-state index in [1.807, 2.05) is 73.6 Å². The molecule has 0 aromatic heterocycles. The summed E-state index contributed by atoms with van der Waals surface area (Å²) >= 11 is 3.45. The lowest BCUT2D eigenvalue weighted by atomic mass is 10.2. The largest absolute Gasteiger partial charge is 0.444 e. The highest BCUT2D eigenvalue weighted by atomic mass is 79.9. The molecule has 0 saturated carbocycles. The van der Waals surface area contributed by atoms with E-state index in [1.165, 1.54) is 0 Å². The summed E-state index contributed by atoms with van der Waals surface area (Å²) in [5, 5.41) is 0. The van der Waals surface area contributed by atoms with E-state index in [2.05, 4.69) is 15.9 Å². The zero-order valence-electron chi connectivity index (χ0n) is 13.4. The van der Waals surface area contributed by atoms with E-state index >= 15 is 0 Å². The van der Waals surface area contributed by atoms with Gasteiger partial charge in [-0.1, -0.05) is 52.3 Å². The number of hydrogen-bond donors (Lipinski definition) is 0. The first-order valence-corrected chi connectivity index (χ1v) is 8.24. The molecule has 2 aromatic carbocycles. The molecule has 0 unspecified atom stereocenters. The molecule has 0 radical (unpaired) electrons. The molecule has 0 heterocycles. The summed E-state index contributed by atoms with van der Waals surface area (Å²) in [7, 11) is 3.96. The van der Waals surface area contributed by atoms with Crippen LogP contribution in [-0.4, -0.2) is 38.2 Å². The molecule has 4 nitrogen and oxygen atoms in total. The maximum absolute atomic E-state index is 12.5. The summed E-state index contributed by atoms with van der Waals surface area (Å²) in [5.74, 6) is 0. The molecule has 0 bridgehead atoms. The predicted octanol–water partition coefficient (Wildman–Crippen LogP) is 4.15. The number of ether oxygens (including phenoxy) is 1. The van der Waals surface area contributed by atoms with Gasteiger partial charge in [-0.3, -0.25) is 4.90 Å². The third kappa shape index (κ3) is 5.69. The maximum Gasteiger partial charge on any atom is 0.414 e. The zero-order valence-corrected chi connectivity index (χ0v) is 15.0. The van der Waals surface area contributed by atoms with E-state index in [9.17, 15) is 4.79 Å². The lowest BCUT2D eigenvalue weighted by Gasteiger charge is -2.24. The van der Waals surface area contributed by atoms with E-state index in [-0.39, 0.29) is 12.7 Å².